The monoisotopic (exact) mass is 315 g/mol. The van der Waals surface area contributed by atoms with Crippen LogP contribution in [0.1, 0.15) is 50.4 Å². The molecule has 1 N–H and O–H groups in total. The highest BCUT2D eigenvalue weighted by Gasteiger charge is 2.31. The number of hydrogen-bond acceptors (Lipinski definition) is 6. The average Bonchev–Trinajstić information content (AvgIpc) is 3.16. The zero-order valence-corrected chi connectivity index (χ0v) is 13.4. The Kier molecular flexibility index (Phi) is 4.66. The maximum atomic E-state index is 12.2. The van der Waals surface area contributed by atoms with Crippen LogP contribution in [0.2, 0.25) is 0 Å². The fourth-order valence-electron chi connectivity index (χ4n) is 2.75. The quantitative estimate of drug-likeness (QED) is 0.912. The van der Waals surface area contributed by atoms with Gasteiger partial charge in [-0.25, -0.2) is 0 Å². The number of aromatic nitrogens is 3. The van der Waals surface area contributed by atoms with Crippen LogP contribution < -0.4 is 5.32 Å². The van der Waals surface area contributed by atoms with Crippen LogP contribution in [0.4, 0.5) is 5.69 Å². The molecule has 23 heavy (non-hydrogen) atoms. The number of amides is 1. The molecule has 1 atom stereocenters. The normalized spacial score (nSPS) is 18.5. The van der Waals surface area contributed by atoms with Crippen LogP contribution in [0, 0.1) is 0 Å². The molecule has 2 aromatic rings. The number of anilines is 1. The van der Waals surface area contributed by atoms with Gasteiger partial charge in [0.05, 0.1) is 24.5 Å². The molecule has 0 spiro atoms. The molecule has 2 aromatic heterocycles. The Bertz CT molecular complexity index is 656. The van der Waals surface area contributed by atoms with E-state index in [4.69, 9.17) is 4.52 Å². The van der Waals surface area contributed by atoms with E-state index < -0.39 is 0 Å². The minimum atomic E-state index is -0.0579. The lowest BCUT2D eigenvalue weighted by atomic mass is 10.2. The largest absolute Gasteiger partial charge is 0.339 e. The second kappa shape index (κ2) is 6.87. The summed E-state index contributed by atoms with van der Waals surface area (Å²) in [5.41, 5.74) is 0.704. The number of likely N-dealkylation sites (tertiary alicyclic amines) is 1. The fourth-order valence-corrected chi connectivity index (χ4v) is 2.75. The Morgan fingerprint density at radius 3 is 3.09 bits per heavy atom. The minimum absolute atomic E-state index is 0.0471. The van der Waals surface area contributed by atoms with Gasteiger partial charge >= 0.3 is 0 Å². The van der Waals surface area contributed by atoms with Crippen molar-refractivity contribution in [2.45, 2.75) is 38.6 Å². The predicted molar refractivity (Wildman–Crippen MR) is 84.8 cm³/mol. The maximum Gasteiger partial charge on any atom is 0.238 e. The van der Waals surface area contributed by atoms with E-state index in [-0.39, 0.29) is 17.9 Å². The number of rotatable bonds is 5. The smallest absolute Gasteiger partial charge is 0.238 e. The van der Waals surface area contributed by atoms with Gasteiger partial charge in [0.1, 0.15) is 0 Å². The Hall–Kier alpha value is -2.28. The molecule has 1 fully saturated rings. The van der Waals surface area contributed by atoms with Gasteiger partial charge in [-0.15, -0.1) is 0 Å². The number of pyridine rings is 1. The number of carbonyl (C=O) groups is 1. The molecule has 0 aliphatic carbocycles. The average molecular weight is 315 g/mol. The molecule has 1 saturated heterocycles. The van der Waals surface area contributed by atoms with E-state index >= 15 is 0 Å². The van der Waals surface area contributed by atoms with E-state index in [0.717, 1.165) is 19.4 Å². The van der Waals surface area contributed by atoms with Crippen molar-refractivity contribution in [2.24, 2.45) is 0 Å². The van der Waals surface area contributed by atoms with Crippen LogP contribution >= 0.6 is 0 Å². The molecule has 122 valence electrons. The summed E-state index contributed by atoms with van der Waals surface area (Å²) in [6.07, 6.45) is 5.27. The van der Waals surface area contributed by atoms with E-state index in [9.17, 15) is 4.79 Å². The SMILES string of the molecule is CC(C)c1nc([C@H]2CCCN2CC(=O)Nc2cccnc2)no1. The highest BCUT2D eigenvalue weighted by molar-refractivity contribution is 5.92. The van der Waals surface area contributed by atoms with Gasteiger partial charge in [-0.2, -0.15) is 4.98 Å². The van der Waals surface area contributed by atoms with Crippen molar-refractivity contribution < 1.29 is 9.32 Å². The fraction of sp³-hybridized carbons (Fsp3) is 0.500. The summed E-state index contributed by atoms with van der Waals surface area (Å²) in [6.45, 7) is 5.21. The molecule has 0 unspecified atom stereocenters. The summed E-state index contributed by atoms with van der Waals surface area (Å²) >= 11 is 0. The maximum absolute atomic E-state index is 12.2. The third-order valence-corrected chi connectivity index (χ3v) is 3.91. The zero-order valence-electron chi connectivity index (χ0n) is 13.4. The molecule has 1 aliphatic rings. The molecule has 0 saturated carbocycles. The van der Waals surface area contributed by atoms with Crippen molar-refractivity contribution in [1.82, 2.24) is 20.0 Å². The zero-order chi connectivity index (χ0) is 16.2. The highest BCUT2D eigenvalue weighted by Crippen LogP contribution is 2.30. The lowest BCUT2D eigenvalue weighted by molar-refractivity contribution is -0.117. The van der Waals surface area contributed by atoms with Gasteiger partial charge in [0, 0.05) is 12.1 Å². The molecule has 1 amide bonds. The van der Waals surface area contributed by atoms with Gasteiger partial charge in [-0.1, -0.05) is 19.0 Å². The highest BCUT2D eigenvalue weighted by atomic mass is 16.5. The summed E-state index contributed by atoms with van der Waals surface area (Å²) in [4.78, 5) is 22.8. The van der Waals surface area contributed by atoms with Crippen molar-refractivity contribution in [3.8, 4) is 0 Å². The molecule has 0 bridgehead atoms. The van der Waals surface area contributed by atoms with Gasteiger partial charge in [-0.3, -0.25) is 14.7 Å². The topological polar surface area (TPSA) is 84.2 Å². The second-order valence-electron chi connectivity index (χ2n) is 6.06. The van der Waals surface area contributed by atoms with Crippen molar-refractivity contribution >= 4 is 11.6 Å². The van der Waals surface area contributed by atoms with E-state index in [0.29, 0.717) is 23.9 Å². The molecule has 7 nitrogen and oxygen atoms in total. The van der Waals surface area contributed by atoms with Crippen molar-refractivity contribution in [3.63, 3.8) is 0 Å². The summed E-state index contributed by atoms with van der Waals surface area (Å²) in [7, 11) is 0. The van der Waals surface area contributed by atoms with Crippen molar-refractivity contribution in [2.75, 3.05) is 18.4 Å². The number of nitrogens with zero attached hydrogens (tertiary/aromatic N) is 4. The van der Waals surface area contributed by atoms with Gasteiger partial charge in [0.2, 0.25) is 11.8 Å². The van der Waals surface area contributed by atoms with Crippen LogP contribution in [0.25, 0.3) is 0 Å². The molecule has 3 rings (SSSR count). The van der Waals surface area contributed by atoms with Gasteiger partial charge < -0.3 is 9.84 Å². The minimum Gasteiger partial charge on any atom is -0.339 e. The lowest BCUT2D eigenvalue weighted by Crippen LogP contribution is -2.33. The summed E-state index contributed by atoms with van der Waals surface area (Å²) in [5, 5.41) is 6.95. The van der Waals surface area contributed by atoms with Crippen LogP contribution in [0.5, 0.6) is 0 Å². The van der Waals surface area contributed by atoms with Crippen molar-refractivity contribution in [3.05, 3.63) is 36.2 Å². The molecule has 1 aliphatic heterocycles. The molecular weight excluding hydrogens is 294 g/mol. The van der Waals surface area contributed by atoms with Crippen LogP contribution in [0.15, 0.2) is 29.0 Å². The molecule has 0 radical (unpaired) electrons. The van der Waals surface area contributed by atoms with E-state index in [2.05, 4.69) is 25.3 Å². The van der Waals surface area contributed by atoms with E-state index in [1.807, 2.05) is 19.9 Å². The Labute approximate surface area is 135 Å². The summed E-state index contributed by atoms with van der Waals surface area (Å²) in [6, 6.07) is 3.66. The first kappa shape index (κ1) is 15.6. The Morgan fingerprint density at radius 2 is 2.39 bits per heavy atom. The third-order valence-electron chi connectivity index (χ3n) is 3.91. The number of hydrogen-bond donors (Lipinski definition) is 1. The number of nitrogens with one attached hydrogen (secondary N) is 1. The second-order valence-corrected chi connectivity index (χ2v) is 6.06. The third kappa shape index (κ3) is 3.73. The predicted octanol–water partition coefficient (Wildman–Crippen LogP) is 2.36. The number of carbonyl (C=O) groups excluding carboxylic acids is 1. The van der Waals surface area contributed by atoms with Crippen LogP contribution in [-0.4, -0.2) is 39.0 Å². The first-order chi connectivity index (χ1) is 11.1. The van der Waals surface area contributed by atoms with Gasteiger partial charge in [0.15, 0.2) is 5.82 Å². The Morgan fingerprint density at radius 1 is 1.52 bits per heavy atom. The first-order valence-corrected chi connectivity index (χ1v) is 7.91. The first-order valence-electron chi connectivity index (χ1n) is 7.91. The standard InChI is InChI=1S/C16H21N5O2/c1-11(2)16-19-15(20-23-16)13-6-4-8-21(13)10-14(22)18-12-5-3-7-17-9-12/h3,5,7,9,11,13H,4,6,8,10H2,1-2H3,(H,18,22)/t13-/m1/s1. The molecule has 3 heterocycles. The van der Waals surface area contributed by atoms with E-state index in [1.54, 1.807) is 18.5 Å². The summed E-state index contributed by atoms with van der Waals surface area (Å²) in [5.74, 6) is 1.48. The van der Waals surface area contributed by atoms with Crippen LogP contribution in [-0.2, 0) is 4.79 Å². The van der Waals surface area contributed by atoms with E-state index in [1.165, 1.54) is 0 Å². The van der Waals surface area contributed by atoms with Gasteiger partial charge in [0.25, 0.3) is 0 Å². The van der Waals surface area contributed by atoms with Gasteiger partial charge in [-0.05, 0) is 31.5 Å². The molecule has 7 heteroatoms. The summed E-state index contributed by atoms with van der Waals surface area (Å²) < 4.78 is 5.29. The lowest BCUT2D eigenvalue weighted by Gasteiger charge is -2.21. The van der Waals surface area contributed by atoms with Crippen LogP contribution in [0.3, 0.4) is 0 Å². The Balaban J connectivity index is 1.63. The van der Waals surface area contributed by atoms with Crippen molar-refractivity contribution in [1.29, 1.82) is 0 Å². The molecular formula is C16H21N5O2. The molecule has 0 aromatic carbocycles.